The normalized spacial score (nSPS) is 11.2. The Morgan fingerprint density at radius 2 is 1.73 bits per heavy atom. The Morgan fingerprint density at radius 3 is 2.36 bits per heavy atom. The quantitative estimate of drug-likeness (QED) is 0.907. The lowest BCUT2D eigenvalue weighted by molar-refractivity contribution is -0.115. The zero-order chi connectivity index (χ0) is 16.2. The Hall–Kier alpha value is -1.92. The maximum absolute atomic E-state index is 12.7. The van der Waals surface area contributed by atoms with Crippen LogP contribution in [-0.4, -0.2) is 20.1 Å². The van der Waals surface area contributed by atoms with E-state index in [4.69, 9.17) is 11.6 Å². The predicted molar refractivity (Wildman–Crippen MR) is 83.2 cm³/mol. The first-order chi connectivity index (χ1) is 10.4. The molecule has 0 bridgehead atoms. The molecule has 0 aliphatic carbocycles. The van der Waals surface area contributed by atoms with Crippen LogP contribution in [0.5, 0.6) is 0 Å². The number of anilines is 1. The van der Waals surface area contributed by atoms with Crippen molar-refractivity contribution in [3.8, 4) is 0 Å². The highest BCUT2D eigenvalue weighted by atomic mass is 35.5. The van der Waals surface area contributed by atoms with Crippen molar-refractivity contribution < 1.29 is 17.6 Å². The van der Waals surface area contributed by atoms with Gasteiger partial charge in [-0.05, 0) is 36.4 Å². The molecule has 22 heavy (non-hydrogen) atoms. The smallest absolute Gasteiger partial charge is 0.225 e. The van der Waals surface area contributed by atoms with Crippen LogP contribution >= 0.6 is 11.6 Å². The van der Waals surface area contributed by atoms with E-state index in [9.17, 15) is 17.6 Å². The zero-order valence-corrected chi connectivity index (χ0v) is 13.0. The third-order valence-corrected chi connectivity index (χ3v) is 5.11. The Bertz CT molecular complexity index is 776. The number of halogens is 2. The largest absolute Gasteiger partial charge is 0.326 e. The lowest BCUT2D eigenvalue weighted by Crippen LogP contribution is -2.17. The molecule has 0 radical (unpaired) electrons. The van der Waals surface area contributed by atoms with Gasteiger partial charge in [-0.3, -0.25) is 4.79 Å². The molecular formula is C15H13ClFNO3S. The van der Waals surface area contributed by atoms with E-state index in [1.54, 1.807) is 12.1 Å². The number of hydrogen-bond acceptors (Lipinski definition) is 3. The molecule has 0 aliphatic rings. The van der Waals surface area contributed by atoms with Crippen LogP contribution in [0.1, 0.15) is 6.42 Å². The molecule has 1 amide bonds. The van der Waals surface area contributed by atoms with Gasteiger partial charge >= 0.3 is 0 Å². The van der Waals surface area contributed by atoms with Crippen molar-refractivity contribution in [3.63, 3.8) is 0 Å². The molecule has 0 saturated carbocycles. The Labute approximate surface area is 132 Å². The molecule has 0 aliphatic heterocycles. The lowest BCUT2D eigenvalue weighted by Gasteiger charge is -2.07. The summed E-state index contributed by atoms with van der Waals surface area (Å²) < 4.78 is 37.0. The summed E-state index contributed by atoms with van der Waals surface area (Å²) in [5.74, 6) is -1.24. The predicted octanol–water partition coefficient (Wildman–Crippen LogP) is 3.28. The molecule has 0 heterocycles. The molecule has 7 heteroatoms. The van der Waals surface area contributed by atoms with E-state index in [0.29, 0.717) is 5.69 Å². The Balaban J connectivity index is 1.98. The topological polar surface area (TPSA) is 63.2 Å². The zero-order valence-electron chi connectivity index (χ0n) is 11.4. The van der Waals surface area contributed by atoms with Crippen LogP contribution in [0.2, 0.25) is 5.02 Å². The number of benzene rings is 2. The minimum atomic E-state index is -3.64. The first-order valence-electron chi connectivity index (χ1n) is 6.41. The molecule has 0 aromatic heterocycles. The number of carbonyl (C=O) groups is 1. The van der Waals surface area contributed by atoms with Crippen molar-refractivity contribution in [1.29, 1.82) is 0 Å². The van der Waals surface area contributed by atoms with Crippen LogP contribution < -0.4 is 5.32 Å². The van der Waals surface area contributed by atoms with Crippen LogP contribution in [-0.2, 0) is 14.6 Å². The second-order valence-electron chi connectivity index (χ2n) is 4.55. The van der Waals surface area contributed by atoms with Gasteiger partial charge in [0.2, 0.25) is 5.91 Å². The highest BCUT2D eigenvalue weighted by molar-refractivity contribution is 7.91. The second kappa shape index (κ2) is 6.89. The minimum Gasteiger partial charge on any atom is -0.326 e. The molecule has 116 valence electrons. The van der Waals surface area contributed by atoms with Gasteiger partial charge in [0.15, 0.2) is 9.84 Å². The van der Waals surface area contributed by atoms with Gasteiger partial charge in [-0.25, -0.2) is 12.8 Å². The molecule has 2 aromatic carbocycles. The summed E-state index contributed by atoms with van der Waals surface area (Å²) in [6, 6.07) is 11.3. The first-order valence-corrected chi connectivity index (χ1v) is 8.44. The van der Waals surface area contributed by atoms with E-state index in [1.165, 1.54) is 36.4 Å². The van der Waals surface area contributed by atoms with Gasteiger partial charge in [0, 0.05) is 12.1 Å². The van der Waals surface area contributed by atoms with Gasteiger partial charge in [0.05, 0.1) is 15.7 Å². The van der Waals surface area contributed by atoms with Crippen molar-refractivity contribution in [1.82, 2.24) is 0 Å². The van der Waals surface area contributed by atoms with E-state index < -0.39 is 21.6 Å². The summed E-state index contributed by atoms with van der Waals surface area (Å²) in [6.07, 6.45) is -0.217. The SMILES string of the molecule is O=C(CCS(=O)(=O)c1ccccc1Cl)Nc1ccc(F)cc1. The monoisotopic (exact) mass is 341 g/mol. The number of amides is 1. The van der Waals surface area contributed by atoms with Crippen LogP contribution in [0.3, 0.4) is 0 Å². The third kappa shape index (κ3) is 4.29. The van der Waals surface area contributed by atoms with Gasteiger partial charge in [-0.15, -0.1) is 0 Å². The van der Waals surface area contributed by atoms with Crippen molar-refractivity contribution >= 4 is 33.0 Å². The summed E-state index contributed by atoms with van der Waals surface area (Å²) in [7, 11) is -3.64. The average molecular weight is 342 g/mol. The number of hydrogen-bond donors (Lipinski definition) is 1. The summed E-state index contributed by atoms with van der Waals surface area (Å²) in [5, 5.41) is 2.63. The summed E-state index contributed by atoms with van der Waals surface area (Å²) in [5.41, 5.74) is 0.404. The number of nitrogens with one attached hydrogen (secondary N) is 1. The fourth-order valence-electron chi connectivity index (χ4n) is 1.79. The molecule has 1 N–H and O–H groups in total. The van der Waals surface area contributed by atoms with Crippen LogP contribution in [0, 0.1) is 5.82 Å². The summed E-state index contributed by atoms with van der Waals surface area (Å²) in [6.45, 7) is 0. The molecule has 0 unspecified atom stereocenters. The molecule has 0 atom stereocenters. The number of rotatable bonds is 5. The second-order valence-corrected chi connectivity index (χ2v) is 7.04. The molecular weight excluding hydrogens is 329 g/mol. The van der Waals surface area contributed by atoms with Gasteiger partial charge in [-0.1, -0.05) is 23.7 Å². The van der Waals surface area contributed by atoms with E-state index in [1.807, 2.05) is 0 Å². The van der Waals surface area contributed by atoms with Crippen molar-refractivity contribution in [2.75, 3.05) is 11.1 Å². The Morgan fingerprint density at radius 1 is 1.09 bits per heavy atom. The molecule has 0 spiro atoms. The third-order valence-electron chi connectivity index (χ3n) is 2.90. The van der Waals surface area contributed by atoms with E-state index in [-0.39, 0.29) is 22.1 Å². The molecule has 0 fully saturated rings. The van der Waals surface area contributed by atoms with Crippen molar-refractivity contribution in [3.05, 3.63) is 59.4 Å². The summed E-state index contributed by atoms with van der Waals surface area (Å²) >= 11 is 5.85. The van der Waals surface area contributed by atoms with Crippen molar-refractivity contribution in [2.24, 2.45) is 0 Å². The standard InChI is InChI=1S/C15H13ClFNO3S/c16-13-3-1-2-4-14(13)22(20,21)10-9-15(19)18-12-7-5-11(17)6-8-12/h1-8H,9-10H2,(H,18,19). The van der Waals surface area contributed by atoms with Gasteiger partial charge in [0.25, 0.3) is 0 Å². The van der Waals surface area contributed by atoms with E-state index >= 15 is 0 Å². The fourth-order valence-corrected chi connectivity index (χ4v) is 3.60. The maximum Gasteiger partial charge on any atom is 0.225 e. The summed E-state index contributed by atoms with van der Waals surface area (Å²) in [4.78, 5) is 11.8. The molecule has 4 nitrogen and oxygen atoms in total. The van der Waals surface area contributed by atoms with Crippen LogP contribution in [0.4, 0.5) is 10.1 Å². The number of carbonyl (C=O) groups excluding carboxylic acids is 1. The van der Waals surface area contributed by atoms with Gasteiger partial charge in [0.1, 0.15) is 5.82 Å². The Kier molecular flexibility index (Phi) is 5.15. The maximum atomic E-state index is 12.7. The lowest BCUT2D eigenvalue weighted by atomic mass is 10.3. The first kappa shape index (κ1) is 16.5. The van der Waals surface area contributed by atoms with Crippen LogP contribution in [0.15, 0.2) is 53.4 Å². The molecule has 0 saturated heterocycles. The highest BCUT2D eigenvalue weighted by Gasteiger charge is 2.19. The van der Waals surface area contributed by atoms with Gasteiger partial charge in [-0.2, -0.15) is 0 Å². The van der Waals surface area contributed by atoms with E-state index in [0.717, 1.165) is 0 Å². The van der Waals surface area contributed by atoms with Gasteiger partial charge < -0.3 is 5.32 Å². The molecule has 2 aromatic rings. The van der Waals surface area contributed by atoms with Crippen molar-refractivity contribution in [2.45, 2.75) is 11.3 Å². The minimum absolute atomic E-state index is 0.00579. The highest BCUT2D eigenvalue weighted by Crippen LogP contribution is 2.22. The van der Waals surface area contributed by atoms with Crippen LogP contribution in [0.25, 0.3) is 0 Å². The molecule has 2 rings (SSSR count). The average Bonchev–Trinajstić information content (AvgIpc) is 2.48. The fraction of sp³-hybridized carbons (Fsp3) is 0.133. The number of sulfone groups is 1. The van der Waals surface area contributed by atoms with E-state index in [2.05, 4.69) is 5.32 Å².